The Bertz CT molecular complexity index is 265. The Morgan fingerprint density at radius 2 is 2.27 bits per heavy atom. The maximum Gasteiger partial charge on any atom is 0.240 e. The van der Waals surface area contributed by atoms with Gasteiger partial charge in [0.15, 0.2) is 0 Å². The van der Waals surface area contributed by atoms with Crippen molar-refractivity contribution in [1.29, 1.82) is 0 Å². The highest BCUT2D eigenvalue weighted by atomic mass is 16.5. The molecule has 2 unspecified atom stereocenters. The van der Waals surface area contributed by atoms with E-state index in [2.05, 4.69) is 24.5 Å². The third kappa shape index (κ3) is 1.88. The van der Waals surface area contributed by atoms with Crippen LogP contribution in [-0.4, -0.2) is 36.7 Å². The van der Waals surface area contributed by atoms with E-state index < -0.39 is 0 Å². The summed E-state index contributed by atoms with van der Waals surface area (Å²) in [5.74, 6) is 0.150. The highest BCUT2D eigenvalue weighted by molar-refractivity contribution is 5.87. The van der Waals surface area contributed by atoms with Gasteiger partial charge in [0.1, 0.15) is 5.54 Å². The molecule has 2 atom stereocenters. The van der Waals surface area contributed by atoms with Crippen LogP contribution in [0.25, 0.3) is 0 Å². The van der Waals surface area contributed by atoms with Gasteiger partial charge in [0, 0.05) is 26.1 Å². The Morgan fingerprint density at radius 1 is 1.47 bits per heavy atom. The van der Waals surface area contributed by atoms with E-state index >= 15 is 0 Å². The van der Waals surface area contributed by atoms with Crippen LogP contribution in [0.4, 0.5) is 0 Å². The van der Waals surface area contributed by atoms with Gasteiger partial charge in [-0.1, -0.05) is 6.92 Å². The molecule has 2 aliphatic rings. The topological polar surface area (TPSA) is 50.4 Å². The number of carbonyl (C=O) groups excluding carboxylic acids is 1. The smallest absolute Gasteiger partial charge is 0.240 e. The third-order valence-corrected chi connectivity index (χ3v) is 3.71. The molecule has 2 rings (SSSR count). The minimum atomic E-state index is -0.374. The van der Waals surface area contributed by atoms with Gasteiger partial charge in [0.25, 0.3) is 0 Å². The van der Waals surface area contributed by atoms with Crippen LogP contribution in [0.2, 0.25) is 0 Å². The minimum absolute atomic E-state index is 0.150. The molecule has 1 spiro atoms. The van der Waals surface area contributed by atoms with Gasteiger partial charge in [0.05, 0.1) is 5.60 Å². The number of hydrogen-bond acceptors (Lipinski definition) is 3. The summed E-state index contributed by atoms with van der Waals surface area (Å²) in [4.78, 5) is 11.9. The SMILES string of the molecule is CCC1(C)CC2(CCO1)NCCNC2=O. The lowest BCUT2D eigenvalue weighted by atomic mass is 9.78. The van der Waals surface area contributed by atoms with Gasteiger partial charge >= 0.3 is 0 Å². The lowest BCUT2D eigenvalue weighted by Crippen LogP contribution is -2.67. The van der Waals surface area contributed by atoms with Crippen molar-refractivity contribution in [2.45, 2.75) is 44.2 Å². The molecule has 15 heavy (non-hydrogen) atoms. The van der Waals surface area contributed by atoms with E-state index in [9.17, 15) is 4.79 Å². The first-order valence-electron chi connectivity index (χ1n) is 5.78. The third-order valence-electron chi connectivity index (χ3n) is 3.71. The normalized spacial score (nSPS) is 41.6. The quantitative estimate of drug-likeness (QED) is 0.662. The monoisotopic (exact) mass is 212 g/mol. The molecule has 0 bridgehead atoms. The van der Waals surface area contributed by atoms with Gasteiger partial charge in [-0.15, -0.1) is 0 Å². The first-order chi connectivity index (χ1) is 7.10. The van der Waals surface area contributed by atoms with E-state index in [1.807, 2.05) is 0 Å². The molecule has 2 saturated heterocycles. The number of carbonyl (C=O) groups is 1. The molecule has 2 fully saturated rings. The number of ether oxygens (including phenoxy) is 1. The second-order valence-corrected chi connectivity index (χ2v) is 4.84. The maximum absolute atomic E-state index is 11.9. The number of hydrogen-bond donors (Lipinski definition) is 2. The van der Waals surface area contributed by atoms with Gasteiger partial charge in [-0.3, -0.25) is 4.79 Å². The molecule has 1 amide bonds. The van der Waals surface area contributed by atoms with Crippen LogP contribution in [0, 0.1) is 0 Å². The predicted octanol–water partition coefficient (Wildman–Crippen LogP) is 0.424. The van der Waals surface area contributed by atoms with Crippen LogP contribution in [0.1, 0.15) is 33.1 Å². The molecule has 0 saturated carbocycles. The summed E-state index contributed by atoms with van der Waals surface area (Å²) in [6.07, 6.45) is 2.51. The fourth-order valence-electron chi connectivity index (χ4n) is 2.55. The van der Waals surface area contributed by atoms with Crippen molar-refractivity contribution >= 4 is 5.91 Å². The van der Waals surface area contributed by atoms with E-state index in [1.165, 1.54) is 0 Å². The van der Waals surface area contributed by atoms with Crippen LogP contribution in [0.3, 0.4) is 0 Å². The molecule has 86 valence electrons. The fourth-order valence-corrected chi connectivity index (χ4v) is 2.55. The molecular formula is C11H20N2O2. The molecule has 0 aromatic carbocycles. The van der Waals surface area contributed by atoms with Gasteiger partial charge < -0.3 is 15.4 Å². The standard InChI is InChI=1S/C11H20N2O2/c1-3-10(2)8-11(4-7-15-10)9(14)12-5-6-13-11/h13H,3-8H2,1-2H3,(H,12,14). The van der Waals surface area contributed by atoms with E-state index in [-0.39, 0.29) is 17.0 Å². The van der Waals surface area contributed by atoms with Crippen LogP contribution in [-0.2, 0) is 9.53 Å². The lowest BCUT2D eigenvalue weighted by Gasteiger charge is -2.47. The first-order valence-corrected chi connectivity index (χ1v) is 5.78. The fraction of sp³-hybridized carbons (Fsp3) is 0.909. The maximum atomic E-state index is 11.9. The number of amides is 1. The second-order valence-electron chi connectivity index (χ2n) is 4.84. The van der Waals surface area contributed by atoms with Gasteiger partial charge in [-0.2, -0.15) is 0 Å². The van der Waals surface area contributed by atoms with Crippen molar-refractivity contribution in [2.24, 2.45) is 0 Å². The molecule has 0 aliphatic carbocycles. The van der Waals surface area contributed by atoms with Crippen molar-refractivity contribution in [3.8, 4) is 0 Å². The van der Waals surface area contributed by atoms with E-state index in [1.54, 1.807) is 0 Å². The average molecular weight is 212 g/mol. The summed E-state index contributed by atoms with van der Waals surface area (Å²) in [5, 5.41) is 6.33. The summed E-state index contributed by atoms with van der Waals surface area (Å²) in [5.41, 5.74) is -0.527. The molecule has 0 aromatic rings. The molecule has 2 N–H and O–H groups in total. The van der Waals surface area contributed by atoms with Crippen LogP contribution in [0.15, 0.2) is 0 Å². The predicted molar refractivity (Wildman–Crippen MR) is 57.6 cm³/mol. The number of nitrogens with one attached hydrogen (secondary N) is 2. The molecule has 0 aromatic heterocycles. The number of piperazine rings is 1. The molecule has 4 heteroatoms. The van der Waals surface area contributed by atoms with Gasteiger partial charge in [0.2, 0.25) is 5.91 Å². The van der Waals surface area contributed by atoms with Crippen molar-refractivity contribution in [3.05, 3.63) is 0 Å². The lowest BCUT2D eigenvalue weighted by molar-refractivity contribution is -0.146. The van der Waals surface area contributed by atoms with Crippen LogP contribution in [0.5, 0.6) is 0 Å². The van der Waals surface area contributed by atoms with E-state index in [0.29, 0.717) is 6.61 Å². The Hall–Kier alpha value is -0.610. The molecule has 2 aliphatic heterocycles. The van der Waals surface area contributed by atoms with Crippen molar-refractivity contribution in [1.82, 2.24) is 10.6 Å². The zero-order valence-corrected chi connectivity index (χ0v) is 9.56. The average Bonchev–Trinajstić information content (AvgIpc) is 2.23. The van der Waals surface area contributed by atoms with Crippen molar-refractivity contribution < 1.29 is 9.53 Å². The largest absolute Gasteiger partial charge is 0.375 e. The highest BCUT2D eigenvalue weighted by Crippen LogP contribution is 2.35. The Kier molecular flexibility index (Phi) is 2.73. The summed E-state index contributed by atoms with van der Waals surface area (Å²) in [7, 11) is 0. The molecule has 0 radical (unpaired) electrons. The van der Waals surface area contributed by atoms with Crippen molar-refractivity contribution in [3.63, 3.8) is 0 Å². The highest BCUT2D eigenvalue weighted by Gasteiger charge is 2.48. The molecule has 2 heterocycles. The van der Waals surface area contributed by atoms with Gasteiger partial charge in [-0.25, -0.2) is 0 Å². The van der Waals surface area contributed by atoms with Crippen LogP contribution >= 0.6 is 0 Å². The summed E-state index contributed by atoms with van der Waals surface area (Å²) >= 11 is 0. The van der Waals surface area contributed by atoms with Crippen LogP contribution < -0.4 is 10.6 Å². The van der Waals surface area contributed by atoms with Crippen molar-refractivity contribution in [2.75, 3.05) is 19.7 Å². The summed E-state index contributed by atoms with van der Waals surface area (Å²) in [6.45, 7) is 6.48. The second kappa shape index (κ2) is 3.76. The Labute approximate surface area is 90.8 Å². The Morgan fingerprint density at radius 3 is 2.93 bits per heavy atom. The zero-order chi connectivity index (χ0) is 10.9. The minimum Gasteiger partial charge on any atom is -0.375 e. The van der Waals surface area contributed by atoms with E-state index in [4.69, 9.17) is 4.74 Å². The summed E-state index contributed by atoms with van der Waals surface area (Å²) in [6, 6.07) is 0. The van der Waals surface area contributed by atoms with Gasteiger partial charge in [-0.05, 0) is 19.8 Å². The zero-order valence-electron chi connectivity index (χ0n) is 9.56. The number of rotatable bonds is 1. The first kappa shape index (κ1) is 10.9. The molecular weight excluding hydrogens is 192 g/mol. The Balaban J connectivity index is 2.16. The van der Waals surface area contributed by atoms with E-state index in [0.717, 1.165) is 32.4 Å². The summed E-state index contributed by atoms with van der Waals surface area (Å²) < 4.78 is 5.77. The molecule has 4 nitrogen and oxygen atoms in total.